The zero-order valence-corrected chi connectivity index (χ0v) is 12.6. The van der Waals surface area contributed by atoms with Crippen molar-refractivity contribution in [2.75, 3.05) is 37.4 Å². The number of rotatable bonds is 4. The van der Waals surface area contributed by atoms with Gasteiger partial charge in [0.25, 0.3) is 5.91 Å². The Balaban J connectivity index is 2.32. The molecule has 2 rings (SSSR count). The van der Waals surface area contributed by atoms with Crippen LogP contribution >= 0.6 is 11.3 Å². The summed E-state index contributed by atoms with van der Waals surface area (Å²) in [6.07, 6.45) is 1.38. The minimum absolute atomic E-state index is 0.183. The Morgan fingerprint density at radius 1 is 1.65 bits per heavy atom. The molecule has 1 aliphatic rings. The first-order valence-corrected chi connectivity index (χ1v) is 7.57. The number of methoxy groups -OCH3 is 1. The number of hydrogen-bond donors (Lipinski definition) is 3. The van der Waals surface area contributed by atoms with E-state index < -0.39 is 0 Å². The molecule has 0 bridgehead atoms. The van der Waals surface area contributed by atoms with E-state index in [0.717, 1.165) is 24.4 Å². The van der Waals surface area contributed by atoms with E-state index >= 15 is 0 Å². The molecule has 1 saturated heterocycles. The average molecular weight is 299 g/mol. The summed E-state index contributed by atoms with van der Waals surface area (Å²) in [6, 6.07) is 0. The second-order valence-electron chi connectivity index (χ2n) is 4.78. The monoisotopic (exact) mass is 299 g/mol. The zero-order valence-electron chi connectivity index (χ0n) is 11.8. The van der Waals surface area contributed by atoms with E-state index in [-0.39, 0.29) is 12.0 Å². The normalized spacial score (nSPS) is 18.9. The molecule has 2 heterocycles. The second-order valence-corrected chi connectivity index (χ2v) is 5.78. The number of anilines is 2. The number of ether oxygens (including phenoxy) is 1. The molecule has 0 aliphatic carbocycles. The summed E-state index contributed by atoms with van der Waals surface area (Å²) < 4.78 is 5.36. The minimum atomic E-state index is -0.343. The first kappa shape index (κ1) is 14.9. The number of hydrogen-bond acceptors (Lipinski definition) is 6. The van der Waals surface area contributed by atoms with Crippen molar-refractivity contribution in [1.82, 2.24) is 5.32 Å². The van der Waals surface area contributed by atoms with Crippen molar-refractivity contribution in [1.29, 1.82) is 0 Å². The first-order chi connectivity index (χ1) is 9.58. The summed E-state index contributed by atoms with van der Waals surface area (Å²) in [5.74, 6) is 0.350. The number of carbonyl (C=O) groups is 1. The van der Waals surface area contributed by atoms with Crippen LogP contribution in [0.5, 0.6) is 5.75 Å². The van der Waals surface area contributed by atoms with Crippen molar-refractivity contribution >= 4 is 27.9 Å². The lowest BCUT2D eigenvalue weighted by molar-refractivity contribution is 0.0960. The molecule has 20 heavy (non-hydrogen) atoms. The van der Waals surface area contributed by atoms with Gasteiger partial charge in [0.2, 0.25) is 0 Å². The van der Waals surface area contributed by atoms with Crippen LogP contribution in [-0.2, 0) is 0 Å². The van der Waals surface area contributed by atoms with Gasteiger partial charge < -0.3 is 25.8 Å². The topological polar surface area (TPSA) is 87.8 Å². The van der Waals surface area contributed by atoms with Crippen LogP contribution in [0, 0.1) is 0 Å². The van der Waals surface area contributed by atoms with Crippen LogP contribution < -0.4 is 20.7 Å². The molecule has 6 nitrogen and oxygen atoms in total. The van der Waals surface area contributed by atoms with Crippen LogP contribution in [0.3, 0.4) is 0 Å². The quantitative estimate of drug-likeness (QED) is 0.773. The van der Waals surface area contributed by atoms with Gasteiger partial charge in [-0.05, 0) is 19.8 Å². The molecule has 1 amide bonds. The Kier molecular flexibility index (Phi) is 4.72. The van der Waals surface area contributed by atoms with E-state index in [2.05, 4.69) is 5.32 Å². The van der Waals surface area contributed by atoms with Crippen molar-refractivity contribution in [2.45, 2.75) is 25.9 Å². The van der Waals surface area contributed by atoms with Gasteiger partial charge in [0.1, 0.15) is 15.6 Å². The molecule has 4 N–H and O–H groups in total. The maximum Gasteiger partial charge on any atom is 0.263 e. The lowest BCUT2D eigenvalue weighted by Crippen LogP contribution is -2.37. The Labute approximate surface area is 122 Å². The number of aliphatic hydroxyl groups excluding tert-OH is 1. The van der Waals surface area contributed by atoms with Gasteiger partial charge in [0.05, 0.1) is 13.2 Å². The lowest BCUT2D eigenvalue weighted by Gasteiger charge is -2.31. The van der Waals surface area contributed by atoms with Gasteiger partial charge in [-0.1, -0.05) is 0 Å². The van der Waals surface area contributed by atoms with Gasteiger partial charge >= 0.3 is 0 Å². The number of nitrogens with zero attached hydrogens (tertiary/aromatic N) is 1. The van der Waals surface area contributed by atoms with Gasteiger partial charge in [-0.2, -0.15) is 0 Å². The molecule has 1 aromatic rings. The fourth-order valence-corrected chi connectivity index (χ4v) is 3.51. The van der Waals surface area contributed by atoms with Gasteiger partial charge in [-0.15, -0.1) is 11.3 Å². The Bertz CT molecular complexity index is 489. The number of nitrogens with two attached hydrogens (primary N) is 1. The molecule has 0 aromatic carbocycles. The highest BCUT2D eigenvalue weighted by Crippen LogP contribution is 2.45. The highest BCUT2D eigenvalue weighted by Gasteiger charge is 2.27. The molecular weight excluding hydrogens is 278 g/mol. The second kappa shape index (κ2) is 6.32. The molecule has 1 fully saturated rings. The van der Waals surface area contributed by atoms with E-state index in [1.165, 1.54) is 11.3 Å². The van der Waals surface area contributed by atoms with Crippen LogP contribution in [0.15, 0.2) is 0 Å². The summed E-state index contributed by atoms with van der Waals surface area (Å²) >= 11 is 1.32. The number of nitrogen functional groups attached to an aromatic ring is 1. The number of thiophene rings is 1. The summed E-state index contributed by atoms with van der Waals surface area (Å²) in [7, 11) is 1.55. The third kappa shape index (κ3) is 2.83. The lowest BCUT2D eigenvalue weighted by atomic mass is 10.1. The summed E-state index contributed by atoms with van der Waals surface area (Å²) in [4.78, 5) is 14.5. The molecule has 1 unspecified atom stereocenters. The predicted octanol–water partition coefficient (Wildman–Crippen LogP) is 1.05. The Morgan fingerprint density at radius 3 is 3.00 bits per heavy atom. The van der Waals surface area contributed by atoms with Crippen LogP contribution in [0.4, 0.5) is 10.7 Å². The van der Waals surface area contributed by atoms with E-state index in [1.807, 2.05) is 11.8 Å². The molecule has 7 heteroatoms. The molecule has 0 spiro atoms. The maximum atomic E-state index is 12.0. The molecule has 0 saturated carbocycles. The first-order valence-electron chi connectivity index (χ1n) is 6.75. The molecule has 1 aliphatic heterocycles. The van der Waals surface area contributed by atoms with E-state index in [9.17, 15) is 9.90 Å². The van der Waals surface area contributed by atoms with E-state index in [0.29, 0.717) is 29.4 Å². The number of β-amino-alcohol motifs (C(OH)–C–C–N with tert-alkyl or cyclic N) is 1. The van der Waals surface area contributed by atoms with Crippen molar-refractivity contribution < 1.29 is 14.6 Å². The minimum Gasteiger partial charge on any atom is -0.492 e. The standard InChI is InChI=1S/C13H21N3O3S/c1-3-15-12(18)11-9(14)10(19-2)13(20-11)16-6-4-5-8(17)7-16/h8,17H,3-7,14H2,1-2H3,(H,15,18). The zero-order chi connectivity index (χ0) is 14.7. The van der Waals surface area contributed by atoms with Crippen molar-refractivity contribution in [3.05, 3.63) is 4.88 Å². The third-order valence-electron chi connectivity index (χ3n) is 3.31. The largest absolute Gasteiger partial charge is 0.492 e. The fourth-order valence-electron chi connectivity index (χ4n) is 2.37. The Hall–Kier alpha value is -1.47. The third-order valence-corrected chi connectivity index (χ3v) is 4.56. The van der Waals surface area contributed by atoms with Crippen LogP contribution in [0.2, 0.25) is 0 Å². The molecular formula is C13H21N3O3S. The molecule has 112 valence electrons. The highest BCUT2D eigenvalue weighted by atomic mass is 32.1. The fraction of sp³-hybridized carbons (Fsp3) is 0.615. The molecule has 0 radical (unpaired) electrons. The summed E-state index contributed by atoms with van der Waals surface area (Å²) in [5.41, 5.74) is 6.40. The van der Waals surface area contributed by atoms with Crippen LogP contribution in [0.1, 0.15) is 29.4 Å². The van der Waals surface area contributed by atoms with E-state index in [1.54, 1.807) is 7.11 Å². The maximum absolute atomic E-state index is 12.0. The summed E-state index contributed by atoms with van der Waals surface area (Å²) in [6.45, 7) is 3.80. The van der Waals surface area contributed by atoms with Gasteiger partial charge in [-0.25, -0.2) is 0 Å². The average Bonchev–Trinajstić information content (AvgIpc) is 2.76. The van der Waals surface area contributed by atoms with Crippen molar-refractivity contribution in [3.63, 3.8) is 0 Å². The predicted molar refractivity (Wildman–Crippen MR) is 80.7 cm³/mol. The summed E-state index contributed by atoms with van der Waals surface area (Å²) in [5, 5.41) is 13.4. The van der Waals surface area contributed by atoms with E-state index in [4.69, 9.17) is 10.5 Å². The Morgan fingerprint density at radius 2 is 2.40 bits per heavy atom. The van der Waals surface area contributed by atoms with Gasteiger partial charge in [0, 0.05) is 19.6 Å². The van der Waals surface area contributed by atoms with Gasteiger partial charge in [0.15, 0.2) is 5.75 Å². The smallest absolute Gasteiger partial charge is 0.263 e. The molecule has 1 aromatic heterocycles. The number of carbonyl (C=O) groups excluding carboxylic acids is 1. The SMILES string of the molecule is CCNC(=O)c1sc(N2CCCC(O)C2)c(OC)c1N. The van der Waals surface area contributed by atoms with Crippen LogP contribution in [0.25, 0.3) is 0 Å². The van der Waals surface area contributed by atoms with Crippen molar-refractivity contribution in [2.24, 2.45) is 0 Å². The van der Waals surface area contributed by atoms with Crippen LogP contribution in [-0.4, -0.2) is 43.9 Å². The number of piperidine rings is 1. The molecule has 1 atom stereocenters. The highest BCUT2D eigenvalue weighted by molar-refractivity contribution is 7.19. The number of aliphatic hydroxyl groups is 1. The van der Waals surface area contributed by atoms with Crippen molar-refractivity contribution in [3.8, 4) is 5.75 Å². The number of amides is 1. The van der Waals surface area contributed by atoms with Gasteiger partial charge in [-0.3, -0.25) is 4.79 Å². The number of nitrogens with one attached hydrogen (secondary N) is 1.